The monoisotopic (exact) mass is 284 g/mol. The molecule has 2 heterocycles. The fraction of sp³-hybridized carbons (Fsp3) is 0.750. The second-order valence-corrected chi connectivity index (χ2v) is 7.78. The van der Waals surface area contributed by atoms with Crippen LogP contribution in [0.15, 0.2) is 4.90 Å². The van der Waals surface area contributed by atoms with Crippen LogP contribution in [0, 0.1) is 19.8 Å². The van der Waals surface area contributed by atoms with E-state index in [4.69, 9.17) is 5.73 Å². The summed E-state index contributed by atoms with van der Waals surface area (Å²) in [4.78, 5) is 0.341. The highest BCUT2D eigenvalue weighted by Crippen LogP contribution is 2.44. The summed E-state index contributed by atoms with van der Waals surface area (Å²) in [6, 6.07) is 0. The second-order valence-electron chi connectivity index (χ2n) is 5.90. The van der Waals surface area contributed by atoms with E-state index in [9.17, 15) is 8.42 Å². The molecule has 0 atom stereocenters. The van der Waals surface area contributed by atoms with Crippen molar-refractivity contribution in [2.75, 3.05) is 13.1 Å². The van der Waals surface area contributed by atoms with Crippen LogP contribution in [-0.2, 0) is 17.1 Å². The van der Waals surface area contributed by atoms with Crippen LogP contribution in [0.1, 0.15) is 24.2 Å². The zero-order chi connectivity index (χ0) is 14.0. The van der Waals surface area contributed by atoms with Gasteiger partial charge in [-0.25, -0.2) is 8.42 Å². The Kier molecular flexibility index (Phi) is 2.62. The number of nitrogens with zero attached hydrogens (tertiary/aromatic N) is 3. The molecule has 0 spiro atoms. The van der Waals surface area contributed by atoms with Crippen molar-refractivity contribution in [3.05, 3.63) is 11.4 Å². The van der Waals surface area contributed by atoms with Gasteiger partial charge in [-0.15, -0.1) is 0 Å². The molecule has 2 aliphatic rings. The minimum absolute atomic E-state index is 0.295. The van der Waals surface area contributed by atoms with E-state index in [1.54, 1.807) is 25.6 Å². The maximum absolute atomic E-state index is 12.6. The fourth-order valence-corrected chi connectivity index (χ4v) is 4.95. The van der Waals surface area contributed by atoms with Gasteiger partial charge in [0.05, 0.1) is 11.4 Å². The number of rotatable bonds is 3. The van der Waals surface area contributed by atoms with Crippen LogP contribution < -0.4 is 5.73 Å². The number of hydrogen-bond acceptors (Lipinski definition) is 4. The average molecular weight is 284 g/mol. The second kappa shape index (κ2) is 3.80. The number of sulfonamides is 1. The summed E-state index contributed by atoms with van der Waals surface area (Å²) in [6.45, 7) is 4.39. The molecule has 0 unspecified atom stereocenters. The minimum Gasteiger partial charge on any atom is -0.323 e. The lowest BCUT2D eigenvalue weighted by atomic mass is 9.88. The van der Waals surface area contributed by atoms with E-state index in [1.807, 2.05) is 0 Å². The number of aromatic nitrogens is 2. The molecule has 1 saturated heterocycles. The van der Waals surface area contributed by atoms with Gasteiger partial charge < -0.3 is 5.73 Å². The van der Waals surface area contributed by atoms with Gasteiger partial charge >= 0.3 is 0 Å². The van der Waals surface area contributed by atoms with Crippen LogP contribution >= 0.6 is 0 Å². The average Bonchev–Trinajstić information content (AvgIpc) is 3.04. The van der Waals surface area contributed by atoms with Crippen LogP contribution in [0.3, 0.4) is 0 Å². The lowest BCUT2D eigenvalue weighted by Gasteiger charge is -2.47. The minimum atomic E-state index is -3.45. The Hall–Kier alpha value is -0.920. The highest BCUT2D eigenvalue weighted by atomic mass is 32.2. The third-order valence-electron chi connectivity index (χ3n) is 4.37. The highest BCUT2D eigenvalue weighted by Gasteiger charge is 2.54. The van der Waals surface area contributed by atoms with Gasteiger partial charge in [0.2, 0.25) is 10.0 Å². The summed E-state index contributed by atoms with van der Waals surface area (Å²) < 4.78 is 28.3. The predicted molar refractivity (Wildman–Crippen MR) is 71.1 cm³/mol. The molecule has 3 rings (SSSR count). The van der Waals surface area contributed by atoms with Gasteiger partial charge in [-0.05, 0) is 32.6 Å². The molecule has 1 saturated carbocycles. The zero-order valence-corrected chi connectivity index (χ0v) is 12.4. The quantitative estimate of drug-likeness (QED) is 0.856. The Balaban J connectivity index is 1.88. The van der Waals surface area contributed by atoms with Crippen molar-refractivity contribution >= 4 is 10.0 Å². The lowest BCUT2D eigenvalue weighted by molar-refractivity contribution is 0.135. The van der Waals surface area contributed by atoms with Crippen LogP contribution in [0.4, 0.5) is 0 Å². The summed E-state index contributed by atoms with van der Waals surface area (Å²) in [7, 11) is -1.69. The largest absolute Gasteiger partial charge is 0.323 e. The Labute approximate surface area is 113 Å². The summed E-state index contributed by atoms with van der Waals surface area (Å²) in [5.74, 6) is 0.509. The Morgan fingerprint density at radius 2 is 1.89 bits per heavy atom. The molecular weight excluding hydrogens is 264 g/mol. The molecule has 0 amide bonds. The topological polar surface area (TPSA) is 81.2 Å². The van der Waals surface area contributed by atoms with Gasteiger partial charge in [0, 0.05) is 25.7 Å². The van der Waals surface area contributed by atoms with E-state index >= 15 is 0 Å². The van der Waals surface area contributed by atoms with E-state index < -0.39 is 10.0 Å². The van der Waals surface area contributed by atoms with Gasteiger partial charge in [-0.2, -0.15) is 9.40 Å². The first-order valence-corrected chi connectivity index (χ1v) is 7.99. The molecule has 7 heteroatoms. The maximum atomic E-state index is 12.6. The first-order valence-electron chi connectivity index (χ1n) is 6.55. The third kappa shape index (κ3) is 1.83. The number of hydrogen-bond donors (Lipinski definition) is 1. The Morgan fingerprint density at radius 3 is 2.32 bits per heavy atom. The van der Waals surface area contributed by atoms with Crippen molar-refractivity contribution in [3.63, 3.8) is 0 Å². The van der Waals surface area contributed by atoms with Gasteiger partial charge in [0.25, 0.3) is 0 Å². The molecule has 0 aromatic carbocycles. The first kappa shape index (κ1) is 13.1. The van der Waals surface area contributed by atoms with Gasteiger partial charge in [0.15, 0.2) is 0 Å². The van der Waals surface area contributed by atoms with Crippen molar-refractivity contribution in [1.29, 1.82) is 0 Å². The van der Waals surface area contributed by atoms with E-state index in [0.717, 1.165) is 12.8 Å². The predicted octanol–water partition coefficient (Wildman–Crippen LogP) is 0.149. The molecule has 106 valence electrons. The number of aryl methyl sites for hydroxylation is 2. The maximum Gasteiger partial charge on any atom is 0.246 e. The van der Waals surface area contributed by atoms with Crippen molar-refractivity contribution in [2.45, 2.75) is 37.1 Å². The van der Waals surface area contributed by atoms with Gasteiger partial charge in [0.1, 0.15) is 4.90 Å². The van der Waals surface area contributed by atoms with Crippen molar-refractivity contribution < 1.29 is 8.42 Å². The highest BCUT2D eigenvalue weighted by molar-refractivity contribution is 7.89. The molecule has 1 aliphatic heterocycles. The molecule has 1 aliphatic carbocycles. The molecule has 0 radical (unpaired) electrons. The summed E-state index contributed by atoms with van der Waals surface area (Å²) >= 11 is 0. The van der Waals surface area contributed by atoms with Crippen molar-refractivity contribution in [2.24, 2.45) is 18.7 Å². The molecule has 2 N–H and O–H groups in total. The van der Waals surface area contributed by atoms with Crippen LogP contribution in [0.2, 0.25) is 0 Å². The molecule has 0 bridgehead atoms. The third-order valence-corrected chi connectivity index (χ3v) is 6.42. The van der Waals surface area contributed by atoms with E-state index in [-0.39, 0.29) is 5.54 Å². The molecule has 1 aromatic heterocycles. The molecule has 2 fully saturated rings. The summed E-state index contributed by atoms with van der Waals surface area (Å²) in [5.41, 5.74) is 7.17. The van der Waals surface area contributed by atoms with Gasteiger partial charge in [-0.3, -0.25) is 4.68 Å². The van der Waals surface area contributed by atoms with Gasteiger partial charge in [-0.1, -0.05) is 0 Å². The van der Waals surface area contributed by atoms with Crippen LogP contribution in [0.25, 0.3) is 0 Å². The van der Waals surface area contributed by atoms with Crippen LogP contribution in [0.5, 0.6) is 0 Å². The Morgan fingerprint density at radius 1 is 1.32 bits per heavy atom. The molecule has 19 heavy (non-hydrogen) atoms. The lowest BCUT2D eigenvalue weighted by Crippen LogP contribution is -2.69. The first-order chi connectivity index (χ1) is 8.75. The normalized spacial score (nSPS) is 23.4. The van der Waals surface area contributed by atoms with Crippen LogP contribution in [-0.4, -0.2) is 41.1 Å². The van der Waals surface area contributed by atoms with E-state index in [1.165, 1.54) is 4.31 Å². The molecular formula is C12H20N4O2S. The summed E-state index contributed by atoms with van der Waals surface area (Å²) in [5, 5.41) is 4.18. The standard InChI is InChI=1S/C12H20N4O2S/c1-8-11(9(2)15(3)14-8)19(17,18)16-6-12(13,7-16)10-4-5-10/h10H,4-7,13H2,1-3H3. The van der Waals surface area contributed by atoms with E-state index in [2.05, 4.69) is 5.10 Å². The number of nitrogens with two attached hydrogens (primary N) is 1. The van der Waals surface area contributed by atoms with Crippen molar-refractivity contribution in [1.82, 2.24) is 14.1 Å². The molecule has 1 aromatic rings. The SMILES string of the molecule is Cc1nn(C)c(C)c1S(=O)(=O)N1CC(N)(C2CC2)C1. The van der Waals surface area contributed by atoms with E-state index in [0.29, 0.717) is 35.3 Å². The zero-order valence-electron chi connectivity index (χ0n) is 11.5. The summed E-state index contributed by atoms with van der Waals surface area (Å²) in [6.07, 6.45) is 2.27. The van der Waals surface area contributed by atoms with Crippen molar-refractivity contribution in [3.8, 4) is 0 Å². The smallest absolute Gasteiger partial charge is 0.246 e. The Bertz CT molecular complexity index is 624. The fourth-order valence-electron chi connectivity index (χ4n) is 2.95. The molecule has 6 nitrogen and oxygen atoms in total.